The fourth-order valence-corrected chi connectivity index (χ4v) is 3.67. The lowest BCUT2D eigenvalue weighted by molar-refractivity contribution is -0.151. The van der Waals surface area contributed by atoms with Crippen LogP contribution < -0.4 is 10.6 Å². The van der Waals surface area contributed by atoms with Crippen molar-refractivity contribution in [2.45, 2.75) is 44.2 Å². The molecule has 1 saturated carbocycles. The third kappa shape index (κ3) is 4.36. The zero-order valence-electron chi connectivity index (χ0n) is 15.8. The number of esters is 1. The van der Waals surface area contributed by atoms with Gasteiger partial charge in [-0.05, 0) is 25.8 Å². The van der Waals surface area contributed by atoms with Crippen LogP contribution in [-0.4, -0.2) is 47.4 Å². The van der Waals surface area contributed by atoms with E-state index in [2.05, 4.69) is 10.6 Å². The van der Waals surface area contributed by atoms with Crippen molar-refractivity contribution in [1.29, 1.82) is 0 Å². The van der Waals surface area contributed by atoms with Crippen LogP contribution in [0.4, 0.5) is 13.6 Å². The van der Waals surface area contributed by atoms with Crippen molar-refractivity contribution >= 4 is 23.8 Å². The molecule has 1 saturated heterocycles. The van der Waals surface area contributed by atoms with E-state index in [9.17, 15) is 28.0 Å². The van der Waals surface area contributed by atoms with Gasteiger partial charge < -0.3 is 15.4 Å². The molecule has 0 bridgehead atoms. The maximum Gasteiger partial charge on any atom is 0.326 e. The lowest BCUT2D eigenvalue weighted by Gasteiger charge is -2.19. The van der Waals surface area contributed by atoms with E-state index in [0.29, 0.717) is 18.9 Å². The highest BCUT2D eigenvalue weighted by atomic mass is 19.1. The van der Waals surface area contributed by atoms with Crippen LogP contribution in [0.15, 0.2) is 18.2 Å². The second-order valence-electron chi connectivity index (χ2n) is 7.23. The fraction of sp³-hybridized carbons (Fsp3) is 0.474. The molecule has 2 N–H and O–H groups in total. The zero-order valence-corrected chi connectivity index (χ0v) is 15.8. The number of benzene rings is 1. The first-order chi connectivity index (χ1) is 13.7. The summed E-state index contributed by atoms with van der Waals surface area (Å²) in [5.74, 6) is -3.63. The highest BCUT2D eigenvalue weighted by Crippen LogP contribution is 2.34. The van der Waals surface area contributed by atoms with Gasteiger partial charge in [-0.15, -0.1) is 0 Å². The molecule has 1 atom stereocenters. The number of hydrogen-bond acceptors (Lipinski definition) is 5. The van der Waals surface area contributed by atoms with E-state index in [0.717, 1.165) is 23.8 Å². The van der Waals surface area contributed by atoms with E-state index in [1.165, 1.54) is 13.0 Å². The van der Waals surface area contributed by atoms with Crippen molar-refractivity contribution in [3.05, 3.63) is 35.4 Å². The minimum Gasteiger partial charge on any atom is -0.454 e. The molecule has 1 aliphatic heterocycles. The minimum absolute atomic E-state index is 0.0762. The summed E-state index contributed by atoms with van der Waals surface area (Å²) < 4.78 is 31.5. The summed E-state index contributed by atoms with van der Waals surface area (Å²) in [6.45, 7) is 0.229. The fourth-order valence-electron chi connectivity index (χ4n) is 3.67. The monoisotopic (exact) mass is 409 g/mol. The Kier molecular flexibility index (Phi) is 5.81. The highest BCUT2D eigenvalue weighted by molar-refractivity contribution is 6.08. The van der Waals surface area contributed by atoms with E-state index in [4.69, 9.17) is 4.74 Å². The average Bonchev–Trinajstić information content (AvgIpc) is 3.21. The van der Waals surface area contributed by atoms with Gasteiger partial charge in [-0.25, -0.2) is 13.6 Å². The number of carbonyl (C=O) groups is 4. The smallest absolute Gasteiger partial charge is 0.326 e. The molecule has 0 radical (unpaired) electrons. The first-order valence-corrected chi connectivity index (χ1v) is 9.26. The predicted octanol–water partition coefficient (Wildman–Crippen LogP) is 1.55. The van der Waals surface area contributed by atoms with Crippen molar-refractivity contribution in [2.24, 2.45) is 0 Å². The number of nitrogens with one attached hydrogen (secondary N) is 2. The van der Waals surface area contributed by atoms with Crippen molar-refractivity contribution in [2.75, 3.05) is 13.2 Å². The summed E-state index contributed by atoms with van der Waals surface area (Å²) in [6, 6.07) is 1.54. The Morgan fingerprint density at radius 3 is 2.62 bits per heavy atom. The standard InChI is InChI=1S/C19H21F2N3O5/c1-11(13-5-4-12(20)8-14(13)21)22-15(25)10-29-16(26)9-24-17(27)19(23-18(24)28)6-2-3-7-19/h4-5,8,11H,2-3,6-7,9-10H2,1H3,(H,22,25)(H,23,28)/t11-/m1/s1. The number of amides is 4. The highest BCUT2D eigenvalue weighted by Gasteiger charge is 2.52. The van der Waals surface area contributed by atoms with Crippen LogP contribution in [-0.2, 0) is 19.1 Å². The van der Waals surface area contributed by atoms with Gasteiger partial charge in [0.05, 0.1) is 6.04 Å². The van der Waals surface area contributed by atoms with Crippen molar-refractivity contribution in [3.63, 3.8) is 0 Å². The summed E-state index contributed by atoms with van der Waals surface area (Å²) in [5.41, 5.74) is -0.851. The molecular formula is C19H21F2N3O5. The van der Waals surface area contributed by atoms with Gasteiger partial charge in [0.15, 0.2) is 6.61 Å². The molecule has 0 unspecified atom stereocenters. The number of imide groups is 1. The Balaban J connectivity index is 1.48. The number of ether oxygens (including phenoxy) is 1. The number of carbonyl (C=O) groups excluding carboxylic acids is 4. The minimum atomic E-state index is -0.927. The predicted molar refractivity (Wildman–Crippen MR) is 95.3 cm³/mol. The van der Waals surface area contributed by atoms with Crippen LogP contribution in [0, 0.1) is 11.6 Å². The van der Waals surface area contributed by atoms with Gasteiger partial charge in [0.1, 0.15) is 23.7 Å². The molecule has 1 aromatic carbocycles. The zero-order chi connectivity index (χ0) is 21.2. The van der Waals surface area contributed by atoms with Crippen LogP contribution in [0.3, 0.4) is 0 Å². The number of nitrogens with zero attached hydrogens (tertiary/aromatic N) is 1. The second kappa shape index (κ2) is 8.14. The summed E-state index contributed by atoms with van der Waals surface area (Å²) in [5, 5.41) is 5.07. The molecule has 29 heavy (non-hydrogen) atoms. The molecule has 1 aliphatic carbocycles. The Bertz CT molecular complexity index is 854. The third-order valence-corrected chi connectivity index (χ3v) is 5.16. The van der Waals surface area contributed by atoms with Gasteiger partial charge in [-0.2, -0.15) is 0 Å². The Labute approximate surface area is 165 Å². The average molecular weight is 409 g/mol. The molecule has 4 amide bonds. The number of hydrogen-bond donors (Lipinski definition) is 2. The second-order valence-corrected chi connectivity index (χ2v) is 7.23. The molecule has 3 rings (SSSR count). The van der Waals surface area contributed by atoms with Gasteiger partial charge in [-0.3, -0.25) is 19.3 Å². The molecular weight excluding hydrogens is 388 g/mol. The topological polar surface area (TPSA) is 105 Å². The summed E-state index contributed by atoms with van der Waals surface area (Å²) in [6.07, 6.45) is 2.70. The van der Waals surface area contributed by atoms with E-state index in [1.807, 2.05) is 0 Å². The van der Waals surface area contributed by atoms with Gasteiger partial charge in [0.25, 0.3) is 11.8 Å². The van der Waals surface area contributed by atoms with Gasteiger partial charge >= 0.3 is 12.0 Å². The molecule has 1 spiro atoms. The van der Waals surface area contributed by atoms with E-state index < -0.39 is 60.2 Å². The molecule has 10 heteroatoms. The molecule has 2 aliphatic rings. The normalized spacial score (nSPS) is 18.7. The van der Waals surface area contributed by atoms with Crippen LogP contribution in [0.5, 0.6) is 0 Å². The summed E-state index contributed by atoms with van der Waals surface area (Å²) in [4.78, 5) is 49.2. The van der Waals surface area contributed by atoms with Crippen LogP contribution >= 0.6 is 0 Å². The summed E-state index contributed by atoms with van der Waals surface area (Å²) >= 11 is 0. The van der Waals surface area contributed by atoms with Crippen LogP contribution in [0.25, 0.3) is 0 Å². The number of rotatable bonds is 6. The van der Waals surface area contributed by atoms with Crippen molar-refractivity contribution in [1.82, 2.24) is 15.5 Å². The van der Waals surface area contributed by atoms with Gasteiger partial charge in [-0.1, -0.05) is 18.9 Å². The van der Waals surface area contributed by atoms with Gasteiger partial charge in [0.2, 0.25) is 0 Å². The number of halogens is 2. The molecule has 2 fully saturated rings. The van der Waals surface area contributed by atoms with Crippen LogP contribution in [0.1, 0.15) is 44.2 Å². The van der Waals surface area contributed by atoms with Crippen molar-refractivity contribution in [3.8, 4) is 0 Å². The summed E-state index contributed by atoms with van der Waals surface area (Å²) in [7, 11) is 0. The van der Waals surface area contributed by atoms with Gasteiger partial charge in [0, 0.05) is 11.6 Å². The molecule has 0 aromatic heterocycles. The maximum atomic E-state index is 13.7. The largest absolute Gasteiger partial charge is 0.454 e. The molecule has 8 nitrogen and oxygen atoms in total. The van der Waals surface area contributed by atoms with Crippen molar-refractivity contribution < 1.29 is 32.7 Å². The Morgan fingerprint density at radius 2 is 1.97 bits per heavy atom. The van der Waals surface area contributed by atoms with E-state index >= 15 is 0 Å². The molecule has 1 heterocycles. The van der Waals surface area contributed by atoms with E-state index in [-0.39, 0.29) is 5.56 Å². The maximum absolute atomic E-state index is 13.7. The first-order valence-electron chi connectivity index (χ1n) is 9.26. The lowest BCUT2D eigenvalue weighted by atomic mass is 9.98. The Hall–Kier alpha value is -3.04. The Morgan fingerprint density at radius 1 is 1.28 bits per heavy atom. The molecule has 156 valence electrons. The quantitative estimate of drug-likeness (QED) is 0.548. The molecule has 1 aromatic rings. The van der Waals surface area contributed by atoms with E-state index in [1.54, 1.807) is 0 Å². The first kappa shape index (κ1) is 20.7. The third-order valence-electron chi connectivity index (χ3n) is 5.16. The van der Waals surface area contributed by atoms with Crippen LogP contribution in [0.2, 0.25) is 0 Å². The lowest BCUT2D eigenvalue weighted by Crippen LogP contribution is -2.44. The number of urea groups is 1. The SMILES string of the molecule is C[C@@H](NC(=O)COC(=O)CN1C(=O)NC2(CCCC2)C1=O)c1ccc(F)cc1F.